The zero-order valence-electron chi connectivity index (χ0n) is 8.30. The molecule has 5 heteroatoms. The van der Waals surface area contributed by atoms with E-state index in [1.54, 1.807) is 0 Å². The number of oxazole rings is 1. The minimum atomic E-state index is 0.575. The van der Waals surface area contributed by atoms with Crippen molar-refractivity contribution in [2.75, 3.05) is 5.73 Å². The zero-order chi connectivity index (χ0) is 10.7. The zero-order valence-corrected chi connectivity index (χ0v) is 9.12. The standard InChI is InChI=1S/C10H11N3OS/c1-2-9-8(12-6-14-9)4-3-7-5-15-10(11)13-7/h3-6H,2H2,1H3,(H2,11,13)/b4-3+. The molecule has 2 aromatic heterocycles. The second-order valence-electron chi connectivity index (χ2n) is 2.96. The molecule has 78 valence electrons. The first-order chi connectivity index (χ1) is 7.29. The van der Waals surface area contributed by atoms with Gasteiger partial charge in [0, 0.05) is 11.8 Å². The predicted molar refractivity (Wildman–Crippen MR) is 61.3 cm³/mol. The van der Waals surface area contributed by atoms with Crippen LogP contribution in [0.3, 0.4) is 0 Å². The first kappa shape index (κ1) is 9.92. The molecule has 2 N–H and O–H groups in total. The molecule has 2 heterocycles. The lowest BCUT2D eigenvalue weighted by atomic mass is 10.2. The van der Waals surface area contributed by atoms with E-state index in [0.29, 0.717) is 5.13 Å². The van der Waals surface area contributed by atoms with Gasteiger partial charge in [0.15, 0.2) is 11.5 Å². The molecule has 0 fully saturated rings. The minimum absolute atomic E-state index is 0.575. The molecule has 0 saturated carbocycles. The fourth-order valence-electron chi connectivity index (χ4n) is 1.22. The van der Waals surface area contributed by atoms with Gasteiger partial charge in [0.25, 0.3) is 0 Å². The highest BCUT2D eigenvalue weighted by atomic mass is 32.1. The van der Waals surface area contributed by atoms with Crippen molar-refractivity contribution < 1.29 is 4.42 Å². The smallest absolute Gasteiger partial charge is 0.181 e. The number of rotatable bonds is 3. The number of hydrogen-bond donors (Lipinski definition) is 1. The third-order valence-electron chi connectivity index (χ3n) is 1.95. The van der Waals surface area contributed by atoms with Crippen LogP contribution in [0.1, 0.15) is 24.1 Å². The fraction of sp³-hybridized carbons (Fsp3) is 0.200. The first-order valence-corrected chi connectivity index (χ1v) is 5.49. The summed E-state index contributed by atoms with van der Waals surface area (Å²) in [5.74, 6) is 0.884. The van der Waals surface area contributed by atoms with E-state index in [4.69, 9.17) is 10.2 Å². The molecular formula is C10H11N3OS. The highest BCUT2D eigenvalue weighted by Gasteiger charge is 2.02. The Labute approximate surface area is 91.5 Å². The second-order valence-corrected chi connectivity index (χ2v) is 3.85. The van der Waals surface area contributed by atoms with Crippen molar-refractivity contribution in [3.8, 4) is 0 Å². The van der Waals surface area contributed by atoms with Crippen LogP contribution in [0.4, 0.5) is 5.13 Å². The van der Waals surface area contributed by atoms with Crippen LogP contribution >= 0.6 is 11.3 Å². The van der Waals surface area contributed by atoms with Crippen LogP contribution in [0, 0.1) is 0 Å². The van der Waals surface area contributed by atoms with Crippen LogP contribution in [0.5, 0.6) is 0 Å². The van der Waals surface area contributed by atoms with Crippen LogP contribution in [0.25, 0.3) is 12.2 Å². The van der Waals surface area contributed by atoms with Crippen molar-refractivity contribution in [1.82, 2.24) is 9.97 Å². The number of nitrogens with zero attached hydrogens (tertiary/aromatic N) is 2. The van der Waals surface area contributed by atoms with Gasteiger partial charge in [-0.25, -0.2) is 9.97 Å². The quantitative estimate of drug-likeness (QED) is 0.864. The number of aryl methyl sites for hydroxylation is 1. The second kappa shape index (κ2) is 4.27. The topological polar surface area (TPSA) is 64.9 Å². The molecule has 0 amide bonds. The molecule has 4 nitrogen and oxygen atoms in total. The van der Waals surface area contributed by atoms with Crippen LogP contribution in [0.15, 0.2) is 16.2 Å². The third kappa shape index (κ3) is 2.24. The summed E-state index contributed by atoms with van der Waals surface area (Å²) in [5, 5.41) is 2.47. The molecule has 0 aliphatic carbocycles. The fourth-order valence-corrected chi connectivity index (χ4v) is 1.75. The molecule has 0 bridgehead atoms. The molecule has 0 spiro atoms. The van der Waals surface area contributed by atoms with E-state index in [9.17, 15) is 0 Å². The Balaban J connectivity index is 2.18. The maximum Gasteiger partial charge on any atom is 0.181 e. The Hall–Kier alpha value is -1.62. The van der Waals surface area contributed by atoms with Crippen molar-refractivity contribution in [3.63, 3.8) is 0 Å². The van der Waals surface area contributed by atoms with Crippen LogP contribution < -0.4 is 5.73 Å². The largest absolute Gasteiger partial charge is 0.448 e. The van der Waals surface area contributed by atoms with E-state index in [-0.39, 0.29) is 0 Å². The van der Waals surface area contributed by atoms with Crippen molar-refractivity contribution >= 4 is 28.6 Å². The van der Waals surface area contributed by atoms with E-state index in [1.165, 1.54) is 17.7 Å². The molecule has 15 heavy (non-hydrogen) atoms. The van der Waals surface area contributed by atoms with E-state index in [2.05, 4.69) is 9.97 Å². The normalized spacial score (nSPS) is 11.3. The molecule has 0 unspecified atom stereocenters. The number of hydrogen-bond acceptors (Lipinski definition) is 5. The summed E-state index contributed by atoms with van der Waals surface area (Å²) in [6.07, 6.45) is 6.05. The molecule has 2 rings (SSSR count). The van der Waals surface area contributed by atoms with Gasteiger partial charge >= 0.3 is 0 Å². The summed E-state index contributed by atoms with van der Waals surface area (Å²) in [7, 11) is 0. The average Bonchev–Trinajstić information content (AvgIpc) is 2.83. The number of nitrogen functional groups attached to an aromatic ring is 1. The van der Waals surface area contributed by atoms with Crippen molar-refractivity contribution in [3.05, 3.63) is 28.9 Å². The van der Waals surface area contributed by atoms with Gasteiger partial charge in [-0.05, 0) is 12.2 Å². The SMILES string of the molecule is CCc1ocnc1/C=C/c1csc(N)n1. The number of nitrogens with two attached hydrogens (primary N) is 1. The van der Waals surface area contributed by atoms with Crippen LogP contribution in [-0.2, 0) is 6.42 Å². The molecule has 0 saturated heterocycles. The van der Waals surface area contributed by atoms with Crippen LogP contribution in [0.2, 0.25) is 0 Å². The Kier molecular flexibility index (Phi) is 2.82. The summed E-state index contributed by atoms with van der Waals surface area (Å²) in [6.45, 7) is 2.03. The maximum atomic E-state index is 5.52. The van der Waals surface area contributed by atoms with E-state index < -0.39 is 0 Å². The van der Waals surface area contributed by atoms with Gasteiger partial charge in [-0.1, -0.05) is 6.92 Å². The summed E-state index contributed by atoms with van der Waals surface area (Å²) in [6, 6.07) is 0. The van der Waals surface area contributed by atoms with Gasteiger partial charge in [0.1, 0.15) is 11.5 Å². The van der Waals surface area contributed by atoms with E-state index >= 15 is 0 Å². The van der Waals surface area contributed by atoms with Crippen molar-refractivity contribution in [2.24, 2.45) is 0 Å². The summed E-state index contributed by atoms with van der Waals surface area (Å²) in [5.41, 5.74) is 7.22. The van der Waals surface area contributed by atoms with E-state index in [0.717, 1.165) is 23.6 Å². The summed E-state index contributed by atoms with van der Waals surface area (Å²) < 4.78 is 5.20. The van der Waals surface area contributed by atoms with Gasteiger partial charge in [0.2, 0.25) is 0 Å². The molecular weight excluding hydrogens is 210 g/mol. The number of anilines is 1. The predicted octanol–water partition coefficient (Wildman–Crippen LogP) is 2.45. The van der Waals surface area contributed by atoms with Gasteiger partial charge in [-0.3, -0.25) is 0 Å². The molecule has 0 aromatic carbocycles. The highest BCUT2D eigenvalue weighted by molar-refractivity contribution is 7.13. The van der Waals surface area contributed by atoms with Crippen molar-refractivity contribution in [2.45, 2.75) is 13.3 Å². The molecule has 0 radical (unpaired) electrons. The Bertz CT molecular complexity index is 472. The number of thiazole rings is 1. The Morgan fingerprint density at radius 1 is 1.53 bits per heavy atom. The molecule has 0 aliphatic heterocycles. The lowest BCUT2D eigenvalue weighted by Gasteiger charge is -1.89. The average molecular weight is 221 g/mol. The minimum Gasteiger partial charge on any atom is -0.448 e. The van der Waals surface area contributed by atoms with Crippen LogP contribution in [-0.4, -0.2) is 9.97 Å². The van der Waals surface area contributed by atoms with Gasteiger partial charge < -0.3 is 10.2 Å². The van der Waals surface area contributed by atoms with Gasteiger partial charge in [-0.15, -0.1) is 11.3 Å². The lowest BCUT2D eigenvalue weighted by molar-refractivity contribution is 0.509. The first-order valence-electron chi connectivity index (χ1n) is 4.61. The van der Waals surface area contributed by atoms with Gasteiger partial charge in [-0.2, -0.15) is 0 Å². The lowest BCUT2D eigenvalue weighted by Crippen LogP contribution is -1.82. The third-order valence-corrected chi connectivity index (χ3v) is 2.64. The molecule has 0 atom stereocenters. The maximum absolute atomic E-state index is 5.52. The monoisotopic (exact) mass is 221 g/mol. The Morgan fingerprint density at radius 3 is 3.07 bits per heavy atom. The van der Waals surface area contributed by atoms with E-state index in [1.807, 2.05) is 24.5 Å². The molecule has 0 aliphatic rings. The summed E-state index contributed by atoms with van der Waals surface area (Å²) >= 11 is 1.42. The molecule has 2 aromatic rings. The van der Waals surface area contributed by atoms with Crippen molar-refractivity contribution in [1.29, 1.82) is 0 Å². The highest BCUT2D eigenvalue weighted by Crippen LogP contribution is 2.15. The van der Waals surface area contributed by atoms with Gasteiger partial charge in [0.05, 0.1) is 5.69 Å². The Morgan fingerprint density at radius 2 is 2.40 bits per heavy atom. The number of aromatic nitrogens is 2. The summed E-state index contributed by atoms with van der Waals surface area (Å²) in [4.78, 5) is 8.22.